The fraction of sp³-hybridized carbons (Fsp3) is 0.692. The molecule has 0 aliphatic carbocycles. The number of aryl methyl sites for hydroxylation is 1. The molecule has 2 heterocycles. The molecule has 0 saturated carbocycles. The van der Waals surface area contributed by atoms with Gasteiger partial charge in [0.25, 0.3) is 0 Å². The predicted octanol–water partition coefficient (Wildman–Crippen LogP) is 2.37. The van der Waals surface area contributed by atoms with E-state index < -0.39 is 5.97 Å². The minimum atomic E-state index is -1.11. The minimum absolute atomic E-state index is 0.111. The lowest BCUT2D eigenvalue weighted by atomic mass is 10.2. The Morgan fingerprint density at radius 3 is 3.00 bits per heavy atom. The van der Waals surface area contributed by atoms with Crippen molar-refractivity contribution in [3.05, 3.63) is 17.3 Å². The molecular formula is C13H19NO5. The van der Waals surface area contributed by atoms with Gasteiger partial charge in [-0.2, -0.15) is 0 Å². The monoisotopic (exact) mass is 269 g/mol. The maximum atomic E-state index is 11.1. The molecule has 1 aromatic rings. The van der Waals surface area contributed by atoms with Crippen molar-refractivity contribution >= 4 is 5.97 Å². The summed E-state index contributed by atoms with van der Waals surface area (Å²) in [5.74, 6) is -0.791. The Morgan fingerprint density at radius 1 is 1.53 bits per heavy atom. The van der Waals surface area contributed by atoms with E-state index in [0.717, 1.165) is 25.7 Å². The summed E-state index contributed by atoms with van der Waals surface area (Å²) >= 11 is 0. The van der Waals surface area contributed by atoms with Crippen LogP contribution in [0, 0.1) is 0 Å². The number of ether oxygens (including phenoxy) is 2. The lowest BCUT2D eigenvalue weighted by molar-refractivity contribution is -0.169. The van der Waals surface area contributed by atoms with Crippen LogP contribution in [0.2, 0.25) is 0 Å². The SMILES string of the molecule is CCCc1nc(COC2CCCCO2)c(C(=O)O)o1. The third-order valence-electron chi connectivity index (χ3n) is 2.94. The molecule has 0 spiro atoms. The third-order valence-corrected chi connectivity index (χ3v) is 2.94. The highest BCUT2D eigenvalue weighted by Crippen LogP contribution is 2.18. The van der Waals surface area contributed by atoms with E-state index in [9.17, 15) is 4.79 Å². The van der Waals surface area contributed by atoms with Crippen LogP contribution in [-0.4, -0.2) is 29.0 Å². The Bertz CT molecular complexity index is 423. The summed E-state index contributed by atoms with van der Waals surface area (Å²) in [5.41, 5.74) is 0.338. The summed E-state index contributed by atoms with van der Waals surface area (Å²) in [6.07, 6.45) is 4.16. The quantitative estimate of drug-likeness (QED) is 0.853. The lowest BCUT2D eigenvalue weighted by Crippen LogP contribution is -2.22. The maximum absolute atomic E-state index is 11.1. The van der Waals surface area contributed by atoms with Crippen LogP contribution in [0.3, 0.4) is 0 Å². The first kappa shape index (κ1) is 14.0. The van der Waals surface area contributed by atoms with Crippen molar-refractivity contribution in [1.82, 2.24) is 4.98 Å². The van der Waals surface area contributed by atoms with Gasteiger partial charge in [-0.05, 0) is 25.7 Å². The zero-order valence-corrected chi connectivity index (χ0v) is 11.1. The van der Waals surface area contributed by atoms with Crippen molar-refractivity contribution in [2.24, 2.45) is 0 Å². The molecule has 0 aromatic carbocycles. The lowest BCUT2D eigenvalue weighted by Gasteiger charge is -2.22. The van der Waals surface area contributed by atoms with Crippen LogP contribution in [0.1, 0.15) is 54.7 Å². The highest BCUT2D eigenvalue weighted by Gasteiger charge is 2.21. The molecular weight excluding hydrogens is 250 g/mol. The molecule has 1 saturated heterocycles. The van der Waals surface area contributed by atoms with E-state index in [-0.39, 0.29) is 18.7 Å². The fourth-order valence-electron chi connectivity index (χ4n) is 2.00. The Morgan fingerprint density at radius 2 is 2.37 bits per heavy atom. The van der Waals surface area contributed by atoms with Gasteiger partial charge in [-0.1, -0.05) is 6.92 Å². The normalized spacial score (nSPS) is 19.5. The van der Waals surface area contributed by atoms with Crippen LogP contribution in [0.5, 0.6) is 0 Å². The van der Waals surface area contributed by atoms with Gasteiger partial charge in [-0.25, -0.2) is 9.78 Å². The molecule has 1 N–H and O–H groups in total. The smallest absolute Gasteiger partial charge is 0.373 e. The zero-order chi connectivity index (χ0) is 13.7. The highest BCUT2D eigenvalue weighted by atomic mass is 16.7. The van der Waals surface area contributed by atoms with Crippen LogP contribution >= 0.6 is 0 Å². The van der Waals surface area contributed by atoms with Crippen LogP contribution in [0.15, 0.2) is 4.42 Å². The van der Waals surface area contributed by atoms with Crippen LogP contribution < -0.4 is 0 Å². The first-order valence-corrected chi connectivity index (χ1v) is 6.65. The molecule has 1 aliphatic rings. The van der Waals surface area contributed by atoms with Crippen LogP contribution in [0.25, 0.3) is 0 Å². The van der Waals surface area contributed by atoms with Gasteiger partial charge in [0.05, 0.1) is 6.61 Å². The number of rotatable bonds is 6. The van der Waals surface area contributed by atoms with Crippen molar-refractivity contribution in [3.8, 4) is 0 Å². The number of oxazole rings is 1. The van der Waals surface area contributed by atoms with Crippen molar-refractivity contribution < 1.29 is 23.8 Å². The molecule has 1 fully saturated rings. The maximum Gasteiger partial charge on any atom is 0.373 e. The zero-order valence-electron chi connectivity index (χ0n) is 11.1. The number of aromatic nitrogens is 1. The van der Waals surface area contributed by atoms with E-state index in [1.54, 1.807) is 0 Å². The predicted molar refractivity (Wildman–Crippen MR) is 65.8 cm³/mol. The Hall–Kier alpha value is -1.40. The molecule has 1 unspecified atom stereocenters. The molecule has 2 rings (SSSR count). The second-order valence-electron chi connectivity index (χ2n) is 4.55. The van der Waals surface area contributed by atoms with Gasteiger partial charge in [0.1, 0.15) is 5.69 Å². The molecule has 6 nitrogen and oxygen atoms in total. The van der Waals surface area contributed by atoms with Gasteiger partial charge in [0.2, 0.25) is 5.76 Å². The van der Waals surface area contributed by atoms with E-state index >= 15 is 0 Å². The summed E-state index contributed by atoms with van der Waals surface area (Å²) in [6, 6.07) is 0. The molecule has 1 aromatic heterocycles. The Labute approximate surface area is 111 Å². The summed E-state index contributed by atoms with van der Waals surface area (Å²) in [4.78, 5) is 15.2. The van der Waals surface area contributed by atoms with Crippen molar-refractivity contribution in [2.75, 3.05) is 6.61 Å². The summed E-state index contributed by atoms with van der Waals surface area (Å²) in [5, 5.41) is 9.06. The average Bonchev–Trinajstić information content (AvgIpc) is 2.81. The van der Waals surface area contributed by atoms with Crippen LogP contribution in [0.4, 0.5) is 0 Å². The van der Waals surface area contributed by atoms with E-state index in [4.69, 9.17) is 19.0 Å². The standard InChI is InChI=1S/C13H19NO5/c1-2-5-10-14-9(12(19-10)13(15)16)8-18-11-6-3-4-7-17-11/h11H,2-8H2,1H3,(H,15,16). The molecule has 1 atom stereocenters. The number of hydrogen-bond donors (Lipinski definition) is 1. The van der Waals surface area contributed by atoms with Gasteiger partial charge in [0.15, 0.2) is 12.2 Å². The Kier molecular flexibility index (Phi) is 4.93. The second-order valence-corrected chi connectivity index (χ2v) is 4.55. The van der Waals surface area contributed by atoms with Crippen molar-refractivity contribution in [1.29, 1.82) is 0 Å². The van der Waals surface area contributed by atoms with Gasteiger partial charge in [-0.3, -0.25) is 0 Å². The number of aromatic carboxylic acids is 1. The van der Waals surface area contributed by atoms with E-state index in [0.29, 0.717) is 24.6 Å². The molecule has 106 valence electrons. The molecule has 0 amide bonds. The minimum Gasteiger partial charge on any atom is -0.475 e. The molecule has 0 radical (unpaired) electrons. The molecule has 19 heavy (non-hydrogen) atoms. The Balaban J connectivity index is 1.99. The number of nitrogens with zero attached hydrogens (tertiary/aromatic N) is 1. The van der Waals surface area contributed by atoms with Crippen LogP contribution in [-0.2, 0) is 22.5 Å². The first-order valence-electron chi connectivity index (χ1n) is 6.65. The highest BCUT2D eigenvalue weighted by molar-refractivity contribution is 5.85. The van der Waals surface area contributed by atoms with E-state index in [2.05, 4.69) is 4.98 Å². The third kappa shape index (κ3) is 3.78. The first-order chi connectivity index (χ1) is 9.20. The van der Waals surface area contributed by atoms with Gasteiger partial charge in [-0.15, -0.1) is 0 Å². The number of carboxylic acid groups (broad SMARTS) is 1. The number of carbonyl (C=O) groups is 1. The molecule has 1 aliphatic heterocycles. The van der Waals surface area contributed by atoms with E-state index in [1.165, 1.54) is 0 Å². The molecule has 0 bridgehead atoms. The molecule has 6 heteroatoms. The summed E-state index contributed by atoms with van der Waals surface area (Å²) < 4.78 is 16.2. The van der Waals surface area contributed by atoms with Gasteiger partial charge >= 0.3 is 5.97 Å². The summed E-state index contributed by atoms with van der Waals surface area (Å²) in [7, 11) is 0. The van der Waals surface area contributed by atoms with Gasteiger partial charge in [0, 0.05) is 13.0 Å². The number of carboxylic acids is 1. The fourth-order valence-corrected chi connectivity index (χ4v) is 2.00. The average molecular weight is 269 g/mol. The van der Waals surface area contributed by atoms with Crippen molar-refractivity contribution in [2.45, 2.75) is 51.9 Å². The summed E-state index contributed by atoms with van der Waals surface area (Å²) in [6.45, 7) is 2.78. The largest absolute Gasteiger partial charge is 0.475 e. The van der Waals surface area contributed by atoms with Gasteiger partial charge < -0.3 is 19.0 Å². The number of hydrogen-bond acceptors (Lipinski definition) is 5. The second kappa shape index (κ2) is 6.68. The van der Waals surface area contributed by atoms with Crippen molar-refractivity contribution in [3.63, 3.8) is 0 Å². The van der Waals surface area contributed by atoms with E-state index in [1.807, 2.05) is 6.92 Å². The topological polar surface area (TPSA) is 81.8 Å².